The van der Waals surface area contributed by atoms with Gasteiger partial charge in [0.25, 0.3) is 0 Å². The molecule has 3 nitrogen and oxygen atoms in total. The van der Waals surface area contributed by atoms with Gasteiger partial charge in [-0.1, -0.05) is 11.6 Å². The van der Waals surface area contributed by atoms with Crippen LogP contribution >= 0.6 is 11.6 Å². The number of methoxy groups -OCH3 is 2. The molecule has 0 atom stereocenters. The molecule has 0 aliphatic carbocycles. The van der Waals surface area contributed by atoms with E-state index in [-0.39, 0.29) is 0 Å². The highest BCUT2D eigenvalue weighted by atomic mass is 35.5. The van der Waals surface area contributed by atoms with E-state index in [9.17, 15) is 4.79 Å². The Morgan fingerprint density at radius 2 is 1.93 bits per heavy atom. The van der Waals surface area contributed by atoms with Gasteiger partial charge in [-0.25, -0.2) is 0 Å². The predicted molar refractivity (Wildman–Crippen MR) is 59.3 cm³/mol. The van der Waals surface area contributed by atoms with Crippen molar-refractivity contribution in [2.24, 2.45) is 0 Å². The number of hydrogen-bond donors (Lipinski definition) is 0. The average Bonchev–Trinajstić information content (AvgIpc) is 2.26. The summed E-state index contributed by atoms with van der Waals surface area (Å²) < 4.78 is 10.2. The second-order valence-electron chi connectivity index (χ2n) is 2.68. The molecule has 0 heterocycles. The maximum atomic E-state index is 10.1. The Labute approximate surface area is 93.3 Å². The third-order valence-corrected chi connectivity index (χ3v) is 2.13. The topological polar surface area (TPSA) is 35.5 Å². The summed E-state index contributed by atoms with van der Waals surface area (Å²) in [7, 11) is 3.06. The number of benzene rings is 1. The molecule has 0 unspecified atom stereocenters. The number of hydrogen-bond acceptors (Lipinski definition) is 3. The molecule has 79 valence electrons. The number of carbonyl (C=O) groups excluding carboxylic acids is 1. The highest BCUT2D eigenvalue weighted by molar-refractivity contribution is 6.32. The van der Waals surface area contributed by atoms with Crippen LogP contribution < -0.4 is 9.47 Å². The van der Waals surface area contributed by atoms with E-state index in [1.807, 2.05) is 0 Å². The lowest BCUT2D eigenvalue weighted by Crippen LogP contribution is -1.91. The highest BCUT2D eigenvalue weighted by Gasteiger charge is 2.07. The van der Waals surface area contributed by atoms with Gasteiger partial charge in [0.1, 0.15) is 11.5 Å². The van der Waals surface area contributed by atoms with E-state index >= 15 is 0 Å². The van der Waals surface area contributed by atoms with Crippen LogP contribution in [0.5, 0.6) is 11.5 Å². The minimum atomic E-state index is 0.462. The van der Waals surface area contributed by atoms with Crippen molar-refractivity contribution in [3.63, 3.8) is 0 Å². The fourth-order valence-corrected chi connectivity index (χ4v) is 1.39. The molecule has 15 heavy (non-hydrogen) atoms. The van der Waals surface area contributed by atoms with Gasteiger partial charge in [-0.15, -0.1) is 0 Å². The Kier molecular flexibility index (Phi) is 4.18. The molecule has 0 amide bonds. The van der Waals surface area contributed by atoms with Crippen LogP contribution in [-0.2, 0) is 4.79 Å². The smallest absolute Gasteiger partial charge is 0.225 e. The van der Waals surface area contributed by atoms with Crippen molar-refractivity contribution >= 4 is 24.0 Å². The largest absolute Gasteiger partial charge is 0.496 e. The fraction of sp³-hybridized carbons (Fsp3) is 0.182. The van der Waals surface area contributed by atoms with Gasteiger partial charge in [-0.05, 0) is 18.2 Å². The summed E-state index contributed by atoms with van der Waals surface area (Å²) >= 11 is 5.92. The van der Waals surface area contributed by atoms with Crippen LogP contribution in [-0.4, -0.2) is 20.5 Å². The van der Waals surface area contributed by atoms with Crippen LogP contribution in [0.1, 0.15) is 5.56 Å². The van der Waals surface area contributed by atoms with Crippen molar-refractivity contribution in [2.75, 3.05) is 14.2 Å². The maximum absolute atomic E-state index is 10.1. The fourth-order valence-electron chi connectivity index (χ4n) is 1.14. The van der Waals surface area contributed by atoms with Crippen molar-refractivity contribution in [2.45, 2.75) is 0 Å². The van der Waals surface area contributed by atoms with Crippen molar-refractivity contribution in [1.82, 2.24) is 0 Å². The van der Waals surface area contributed by atoms with E-state index in [1.54, 1.807) is 24.5 Å². The Morgan fingerprint density at radius 3 is 2.47 bits per heavy atom. The molecule has 0 aromatic heterocycles. The Balaban J connectivity index is 3.20. The first-order chi connectivity index (χ1) is 7.22. The second-order valence-corrected chi connectivity index (χ2v) is 3.09. The summed E-state index contributed by atoms with van der Waals surface area (Å²) in [5, 5.41) is 0.462. The Hall–Kier alpha value is -1.48. The average molecular weight is 226 g/mol. The summed E-state index contributed by atoms with van der Waals surface area (Å²) in [5.74, 6) is 1.11. The summed E-state index contributed by atoms with van der Waals surface area (Å²) in [4.78, 5) is 10.1. The van der Waals surface area contributed by atoms with Crippen LogP contribution in [0.15, 0.2) is 18.2 Å². The molecular weight excluding hydrogens is 216 g/mol. The molecule has 0 aliphatic heterocycles. The molecule has 1 radical (unpaired) electrons. The zero-order chi connectivity index (χ0) is 11.3. The van der Waals surface area contributed by atoms with Crippen LogP contribution in [0.4, 0.5) is 0 Å². The zero-order valence-corrected chi connectivity index (χ0v) is 9.17. The number of ether oxygens (including phenoxy) is 2. The van der Waals surface area contributed by atoms with E-state index < -0.39 is 0 Å². The molecule has 1 aromatic rings. The standard InChI is InChI=1S/C11H10ClO3/c1-14-10-7-11(15-2)9(12)6-8(10)4-3-5-13/h3-4,6-7H,1-2H3. The maximum Gasteiger partial charge on any atom is 0.225 e. The molecule has 0 aliphatic rings. The number of allylic oxidation sites excluding steroid dienone is 1. The monoisotopic (exact) mass is 225 g/mol. The van der Waals surface area contributed by atoms with Crippen molar-refractivity contribution in [3.05, 3.63) is 28.8 Å². The first-order valence-corrected chi connectivity index (χ1v) is 4.56. The Morgan fingerprint density at radius 1 is 1.27 bits per heavy atom. The first-order valence-electron chi connectivity index (χ1n) is 4.18. The lowest BCUT2D eigenvalue weighted by atomic mass is 10.2. The molecule has 0 bridgehead atoms. The first kappa shape index (κ1) is 11.6. The van der Waals surface area contributed by atoms with Crippen LogP contribution in [0.25, 0.3) is 6.08 Å². The van der Waals surface area contributed by atoms with Gasteiger partial charge in [-0.3, -0.25) is 4.79 Å². The van der Waals surface area contributed by atoms with Gasteiger partial charge in [0.05, 0.1) is 19.2 Å². The van der Waals surface area contributed by atoms with E-state index in [2.05, 4.69) is 0 Å². The summed E-state index contributed by atoms with van der Waals surface area (Å²) in [6, 6.07) is 3.32. The van der Waals surface area contributed by atoms with Crippen molar-refractivity contribution in [1.29, 1.82) is 0 Å². The quantitative estimate of drug-likeness (QED) is 0.739. The minimum absolute atomic E-state index is 0.462. The summed E-state index contributed by atoms with van der Waals surface area (Å²) in [5.41, 5.74) is 0.701. The van der Waals surface area contributed by atoms with E-state index in [1.165, 1.54) is 20.3 Å². The molecule has 0 saturated heterocycles. The molecule has 0 fully saturated rings. The van der Waals surface area contributed by atoms with E-state index in [0.717, 1.165) is 0 Å². The predicted octanol–water partition coefficient (Wildman–Crippen LogP) is 2.48. The molecule has 1 aromatic carbocycles. The van der Waals surface area contributed by atoms with E-state index in [4.69, 9.17) is 21.1 Å². The summed E-state index contributed by atoms with van der Waals surface area (Å²) in [6.45, 7) is 0. The van der Waals surface area contributed by atoms with Gasteiger partial charge in [0.2, 0.25) is 6.29 Å². The van der Waals surface area contributed by atoms with Crippen LogP contribution in [0.3, 0.4) is 0 Å². The van der Waals surface area contributed by atoms with Gasteiger partial charge in [-0.2, -0.15) is 0 Å². The number of halogens is 1. The van der Waals surface area contributed by atoms with Gasteiger partial charge < -0.3 is 9.47 Å². The molecule has 0 N–H and O–H groups in total. The van der Waals surface area contributed by atoms with Crippen molar-refractivity contribution < 1.29 is 14.3 Å². The summed E-state index contributed by atoms with van der Waals surface area (Å²) in [6.07, 6.45) is 4.47. The second kappa shape index (κ2) is 5.41. The normalized spacial score (nSPS) is 10.3. The van der Waals surface area contributed by atoms with Gasteiger partial charge >= 0.3 is 0 Å². The molecule has 4 heteroatoms. The van der Waals surface area contributed by atoms with Crippen LogP contribution in [0, 0.1) is 0 Å². The molecular formula is C11H10ClO3. The lowest BCUT2D eigenvalue weighted by Gasteiger charge is -2.09. The lowest BCUT2D eigenvalue weighted by molar-refractivity contribution is 0.394. The third kappa shape index (κ3) is 2.73. The zero-order valence-electron chi connectivity index (χ0n) is 8.41. The number of rotatable bonds is 4. The Bertz CT molecular complexity index is 386. The minimum Gasteiger partial charge on any atom is -0.496 e. The van der Waals surface area contributed by atoms with Crippen LogP contribution in [0.2, 0.25) is 5.02 Å². The molecule has 0 saturated carbocycles. The molecule has 1 rings (SSSR count). The van der Waals surface area contributed by atoms with E-state index in [0.29, 0.717) is 22.1 Å². The van der Waals surface area contributed by atoms with Crippen molar-refractivity contribution in [3.8, 4) is 11.5 Å². The van der Waals surface area contributed by atoms with Gasteiger partial charge in [0, 0.05) is 11.6 Å². The third-order valence-electron chi connectivity index (χ3n) is 1.84. The SMILES string of the molecule is COc1cc(OC)c(C=C[C]=O)cc1Cl. The molecule has 0 spiro atoms. The van der Waals surface area contributed by atoms with Gasteiger partial charge in [0.15, 0.2) is 0 Å². The highest BCUT2D eigenvalue weighted by Crippen LogP contribution is 2.33.